The van der Waals surface area contributed by atoms with Crippen molar-refractivity contribution in [1.82, 2.24) is 0 Å². The van der Waals surface area contributed by atoms with Gasteiger partial charge >= 0.3 is 5.97 Å². The van der Waals surface area contributed by atoms with Crippen molar-refractivity contribution < 1.29 is 14.3 Å². The Balaban J connectivity index is 2.57. The molecule has 0 saturated carbocycles. The van der Waals surface area contributed by atoms with Gasteiger partial charge in [0.2, 0.25) is 0 Å². The summed E-state index contributed by atoms with van der Waals surface area (Å²) in [4.78, 5) is 22.8. The highest BCUT2D eigenvalue weighted by Gasteiger charge is 2.36. The van der Waals surface area contributed by atoms with Crippen LogP contribution in [0.5, 0.6) is 0 Å². The molecule has 0 spiro atoms. The van der Waals surface area contributed by atoms with E-state index in [9.17, 15) is 9.59 Å². The lowest BCUT2D eigenvalue weighted by Gasteiger charge is -2.17. The van der Waals surface area contributed by atoms with Crippen molar-refractivity contribution in [2.45, 2.75) is 24.8 Å². The standard InChI is InChI=1S/C12H13BrO3/c1-9(14)12(2,13)11(15)16-8-10-6-4-3-5-7-10/h3-7H,8H2,1-2H3/t12-/m1/s1. The van der Waals surface area contributed by atoms with Crippen LogP contribution in [0.1, 0.15) is 19.4 Å². The number of benzene rings is 1. The van der Waals surface area contributed by atoms with Crippen LogP contribution in [0.3, 0.4) is 0 Å². The maximum absolute atomic E-state index is 11.6. The molecule has 0 heterocycles. The Kier molecular flexibility index (Phi) is 4.24. The van der Waals surface area contributed by atoms with Gasteiger partial charge < -0.3 is 4.74 Å². The SMILES string of the molecule is CC(=O)[C@@](C)(Br)C(=O)OCc1ccccc1. The Morgan fingerprint density at radius 2 is 1.88 bits per heavy atom. The first-order valence-electron chi connectivity index (χ1n) is 4.85. The van der Waals surface area contributed by atoms with E-state index in [-0.39, 0.29) is 12.4 Å². The Bertz CT molecular complexity index is 385. The number of carbonyl (C=O) groups is 2. The number of Topliss-reactive ketones (excluding diaryl/α,β-unsaturated/α-hetero) is 1. The first kappa shape index (κ1) is 12.9. The van der Waals surface area contributed by atoms with Gasteiger partial charge in [-0.15, -0.1) is 0 Å². The first-order valence-corrected chi connectivity index (χ1v) is 5.65. The van der Waals surface area contributed by atoms with Gasteiger partial charge in [0.15, 0.2) is 10.1 Å². The topological polar surface area (TPSA) is 43.4 Å². The molecule has 0 saturated heterocycles. The molecule has 0 unspecified atom stereocenters. The molecule has 1 aromatic carbocycles. The Labute approximate surface area is 103 Å². The third-order valence-corrected chi connectivity index (χ3v) is 3.14. The smallest absolute Gasteiger partial charge is 0.330 e. The number of rotatable bonds is 4. The summed E-state index contributed by atoms with van der Waals surface area (Å²) in [6, 6.07) is 9.32. The summed E-state index contributed by atoms with van der Waals surface area (Å²) >= 11 is 3.06. The third-order valence-electron chi connectivity index (χ3n) is 2.26. The van der Waals surface area contributed by atoms with Gasteiger partial charge in [-0.2, -0.15) is 0 Å². The van der Waals surface area contributed by atoms with Crippen molar-refractivity contribution in [2.24, 2.45) is 0 Å². The van der Waals surface area contributed by atoms with Crippen LogP contribution in [0, 0.1) is 0 Å². The zero-order valence-electron chi connectivity index (χ0n) is 9.20. The van der Waals surface area contributed by atoms with E-state index in [1.165, 1.54) is 13.8 Å². The molecular weight excluding hydrogens is 272 g/mol. The second-order valence-electron chi connectivity index (χ2n) is 3.62. The molecule has 0 aromatic heterocycles. The lowest BCUT2D eigenvalue weighted by Crippen LogP contribution is -2.37. The maximum Gasteiger partial charge on any atom is 0.330 e. The van der Waals surface area contributed by atoms with E-state index in [1.807, 2.05) is 30.3 Å². The highest BCUT2D eigenvalue weighted by molar-refractivity contribution is 9.10. The minimum absolute atomic E-state index is 0.175. The van der Waals surface area contributed by atoms with E-state index in [0.717, 1.165) is 5.56 Å². The number of esters is 1. The van der Waals surface area contributed by atoms with Crippen molar-refractivity contribution >= 4 is 27.7 Å². The predicted molar refractivity (Wildman–Crippen MR) is 64.3 cm³/mol. The van der Waals surface area contributed by atoms with E-state index >= 15 is 0 Å². The van der Waals surface area contributed by atoms with Gasteiger partial charge in [0.25, 0.3) is 0 Å². The fourth-order valence-corrected chi connectivity index (χ4v) is 1.12. The van der Waals surface area contributed by atoms with Gasteiger partial charge in [-0.05, 0) is 19.4 Å². The lowest BCUT2D eigenvalue weighted by molar-refractivity contribution is -0.149. The Hall–Kier alpha value is -1.16. The molecule has 0 amide bonds. The molecule has 1 rings (SSSR count). The van der Waals surface area contributed by atoms with Crippen molar-refractivity contribution in [1.29, 1.82) is 0 Å². The molecule has 0 N–H and O–H groups in total. The molecule has 86 valence electrons. The second kappa shape index (κ2) is 5.25. The van der Waals surface area contributed by atoms with Crippen LogP contribution in [-0.4, -0.2) is 16.1 Å². The summed E-state index contributed by atoms with van der Waals surface area (Å²) in [5.74, 6) is -0.839. The highest BCUT2D eigenvalue weighted by Crippen LogP contribution is 2.21. The number of ether oxygens (including phenoxy) is 1. The molecular formula is C12H13BrO3. The maximum atomic E-state index is 11.6. The largest absolute Gasteiger partial charge is 0.459 e. The normalized spacial score (nSPS) is 13.9. The minimum atomic E-state index is -1.25. The average molecular weight is 285 g/mol. The molecule has 1 atom stereocenters. The van der Waals surface area contributed by atoms with Gasteiger partial charge in [-0.3, -0.25) is 9.59 Å². The third kappa shape index (κ3) is 3.17. The highest BCUT2D eigenvalue weighted by atomic mass is 79.9. The van der Waals surface area contributed by atoms with Crippen molar-refractivity contribution in [3.63, 3.8) is 0 Å². The van der Waals surface area contributed by atoms with Gasteiger partial charge in [-0.1, -0.05) is 46.3 Å². The van der Waals surface area contributed by atoms with Crippen LogP contribution in [0.25, 0.3) is 0 Å². The summed E-state index contributed by atoms with van der Waals surface area (Å²) in [6.45, 7) is 3.01. The molecule has 0 fully saturated rings. The van der Waals surface area contributed by atoms with Crippen LogP contribution in [0.15, 0.2) is 30.3 Å². The fourth-order valence-electron chi connectivity index (χ4n) is 1.00. The van der Waals surface area contributed by atoms with E-state index in [1.54, 1.807) is 0 Å². The number of hydrogen-bond donors (Lipinski definition) is 0. The number of halogens is 1. The summed E-state index contributed by atoms with van der Waals surface area (Å²) in [5, 5.41) is 0. The Morgan fingerprint density at radius 3 is 2.38 bits per heavy atom. The number of carbonyl (C=O) groups excluding carboxylic acids is 2. The Morgan fingerprint density at radius 1 is 1.31 bits per heavy atom. The molecule has 0 aliphatic rings. The summed E-state index contributed by atoms with van der Waals surface area (Å²) < 4.78 is 3.80. The summed E-state index contributed by atoms with van der Waals surface area (Å²) in [6.07, 6.45) is 0. The van der Waals surface area contributed by atoms with Crippen LogP contribution in [0.2, 0.25) is 0 Å². The second-order valence-corrected chi connectivity index (χ2v) is 5.21. The molecule has 0 aliphatic carbocycles. The van der Waals surface area contributed by atoms with Crippen molar-refractivity contribution in [3.8, 4) is 0 Å². The first-order chi connectivity index (χ1) is 7.44. The predicted octanol–water partition coefficient (Wildman–Crippen LogP) is 2.47. The molecule has 3 nitrogen and oxygen atoms in total. The van der Waals surface area contributed by atoms with Gasteiger partial charge in [0, 0.05) is 0 Å². The monoisotopic (exact) mass is 284 g/mol. The minimum Gasteiger partial charge on any atom is -0.459 e. The lowest BCUT2D eigenvalue weighted by atomic mass is 10.1. The van der Waals surface area contributed by atoms with Crippen LogP contribution >= 0.6 is 15.9 Å². The number of alkyl halides is 1. The quantitative estimate of drug-likeness (QED) is 0.485. The molecule has 1 aromatic rings. The van der Waals surface area contributed by atoms with Gasteiger partial charge in [0.05, 0.1) is 0 Å². The van der Waals surface area contributed by atoms with E-state index in [4.69, 9.17) is 4.74 Å². The van der Waals surface area contributed by atoms with E-state index in [0.29, 0.717) is 0 Å². The molecule has 0 aliphatic heterocycles. The summed E-state index contributed by atoms with van der Waals surface area (Å²) in [5.41, 5.74) is 0.891. The van der Waals surface area contributed by atoms with Gasteiger partial charge in [-0.25, -0.2) is 0 Å². The molecule has 16 heavy (non-hydrogen) atoms. The van der Waals surface area contributed by atoms with Crippen molar-refractivity contribution in [2.75, 3.05) is 0 Å². The zero-order chi connectivity index (χ0) is 12.2. The van der Waals surface area contributed by atoms with E-state index in [2.05, 4.69) is 15.9 Å². The summed E-state index contributed by atoms with van der Waals surface area (Å²) in [7, 11) is 0. The van der Waals surface area contributed by atoms with Crippen LogP contribution in [-0.2, 0) is 20.9 Å². The molecule has 4 heteroatoms. The van der Waals surface area contributed by atoms with E-state index < -0.39 is 10.3 Å². The number of ketones is 1. The molecule has 0 bridgehead atoms. The van der Waals surface area contributed by atoms with Gasteiger partial charge in [0.1, 0.15) is 6.61 Å². The zero-order valence-corrected chi connectivity index (χ0v) is 10.8. The van der Waals surface area contributed by atoms with Crippen LogP contribution in [0.4, 0.5) is 0 Å². The van der Waals surface area contributed by atoms with Crippen LogP contribution < -0.4 is 0 Å². The average Bonchev–Trinajstić information content (AvgIpc) is 2.27. The fraction of sp³-hybridized carbons (Fsp3) is 0.333. The molecule has 0 radical (unpaired) electrons. The van der Waals surface area contributed by atoms with Crippen molar-refractivity contribution in [3.05, 3.63) is 35.9 Å². The number of hydrogen-bond acceptors (Lipinski definition) is 3.